The molecule has 0 radical (unpaired) electrons. The smallest absolute Gasteiger partial charge is 0.209 e. The molecule has 0 atom stereocenters. The van der Waals surface area contributed by atoms with Crippen LogP contribution in [0.2, 0.25) is 0 Å². The molecular weight excluding hydrogens is 524 g/mol. The van der Waals surface area contributed by atoms with Crippen molar-refractivity contribution >= 4 is 48.9 Å². The number of hydrogen-bond acceptors (Lipinski definition) is 1. The quantitative estimate of drug-likeness (QED) is 0.276. The molecule has 0 bridgehead atoms. The Labute approximate surface area is 209 Å². The van der Waals surface area contributed by atoms with Gasteiger partial charge in [0.05, 0.1) is 5.41 Å². The molecule has 0 spiro atoms. The number of likely N-dealkylation sites (N-methyl/N-ethyl adjacent to an activating group) is 1. The van der Waals surface area contributed by atoms with Crippen LogP contribution in [0.15, 0.2) is 75.4 Å². The third-order valence-electron chi connectivity index (χ3n) is 6.98. The van der Waals surface area contributed by atoms with E-state index in [0.717, 1.165) is 8.96 Å². The molecule has 0 saturated carbocycles. The van der Waals surface area contributed by atoms with Crippen LogP contribution in [-0.2, 0) is 10.8 Å². The first-order valence-corrected chi connectivity index (χ1v) is 12.6. The molecule has 4 rings (SSSR count). The Hall–Kier alpha value is -1.91. The largest absolute Gasteiger partial charge is 0.347 e. The van der Waals surface area contributed by atoms with Gasteiger partial charge in [0.25, 0.3) is 0 Å². The summed E-state index contributed by atoms with van der Waals surface area (Å²) in [5.74, 6) is 0. The zero-order valence-electron chi connectivity index (χ0n) is 19.9. The summed E-state index contributed by atoms with van der Waals surface area (Å²) in [5, 5.41) is 0. The molecular formula is C28H31Br2N2+. The molecule has 4 heteroatoms. The van der Waals surface area contributed by atoms with Gasteiger partial charge in [-0.05, 0) is 62.8 Å². The van der Waals surface area contributed by atoms with Gasteiger partial charge in [-0.1, -0.05) is 63.4 Å². The fourth-order valence-corrected chi connectivity index (χ4v) is 5.76. The highest BCUT2D eigenvalue weighted by Gasteiger charge is 2.43. The Balaban J connectivity index is 1.63. The van der Waals surface area contributed by atoms with E-state index in [1.54, 1.807) is 0 Å². The number of benzene rings is 2. The predicted octanol–water partition coefficient (Wildman–Crippen LogP) is 7.91. The predicted molar refractivity (Wildman–Crippen MR) is 145 cm³/mol. The molecule has 2 nitrogen and oxygen atoms in total. The van der Waals surface area contributed by atoms with Crippen molar-refractivity contribution in [3.63, 3.8) is 0 Å². The Bertz CT molecular complexity index is 1230. The zero-order chi connectivity index (χ0) is 23.4. The Morgan fingerprint density at radius 3 is 2.44 bits per heavy atom. The average molecular weight is 555 g/mol. The van der Waals surface area contributed by atoms with E-state index in [2.05, 4.69) is 151 Å². The maximum atomic E-state index is 3.77. The first-order chi connectivity index (χ1) is 14.9. The van der Waals surface area contributed by atoms with E-state index in [9.17, 15) is 0 Å². The van der Waals surface area contributed by atoms with E-state index in [1.807, 2.05) is 0 Å². The van der Waals surface area contributed by atoms with Crippen molar-refractivity contribution in [3.8, 4) is 0 Å². The van der Waals surface area contributed by atoms with Crippen molar-refractivity contribution in [2.24, 2.45) is 0 Å². The number of anilines is 1. The minimum atomic E-state index is -0.0523. The first kappa shape index (κ1) is 23.3. The van der Waals surface area contributed by atoms with Crippen LogP contribution in [0, 0.1) is 6.92 Å². The lowest BCUT2D eigenvalue weighted by Gasteiger charge is -2.23. The SMILES string of the molecule is Cc1ccc2c(c1)C(C)(C)\C(=C/C=C(Br)/C=C/C1=[N+](C)c3ccc(Br)cc3C1(C)C)N2C. The minimum Gasteiger partial charge on any atom is -0.347 e. The molecule has 0 aromatic heterocycles. The van der Waals surface area contributed by atoms with Crippen LogP contribution in [0.25, 0.3) is 0 Å². The van der Waals surface area contributed by atoms with Gasteiger partial charge in [0.2, 0.25) is 5.69 Å². The second kappa shape index (κ2) is 8.14. The number of halogens is 2. The second-order valence-electron chi connectivity index (χ2n) is 9.87. The van der Waals surface area contributed by atoms with Crippen LogP contribution in [0.5, 0.6) is 0 Å². The summed E-state index contributed by atoms with van der Waals surface area (Å²) in [4.78, 5) is 2.31. The monoisotopic (exact) mass is 553 g/mol. The summed E-state index contributed by atoms with van der Waals surface area (Å²) in [6.07, 6.45) is 8.79. The summed E-state index contributed by atoms with van der Waals surface area (Å²) in [7, 11) is 4.31. The molecule has 32 heavy (non-hydrogen) atoms. The molecule has 2 heterocycles. The molecule has 0 fully saturated rings. The Morgan fingerprint density at radius 2 is 1.72 bits per heavy atom. The lowest BCUT2D eigenvalue weighted by atomic mass is 9.81. The number of rotatable bonds is 3. The normalized spacial score (nSPS) is 20.5. The van der Waals surface area contributed by atoms with Crippen LogP contribution in [0.4, 0.5) is 11.4 Å². The van der Waals surface area contributed by atoms with Crippen LogP contribution >= 0.6 is 31.9 Å². The number of hydrogen-bond donors (Lipinski definition) is 0. The molecule has 0 unspecified atom stereocenters. The molecule has 0 amide bonds. The van der Waals surface area contributed by atoms with Gasteiger partial charge in [-0.15, -0.1) is 0 Å². The summed E-state index contributed by atoms with van der Waals surface area (Å²) in [6, 6.07) is 13.3. The van der Waals surface area contributed by atoms with Crippen molar-refractivity contribution in [2.75, 3.05) is 19.0 Å². The highest BCUT2D eigenvalue weighted by molar-refractivity contribution is 9.12. The van der Waals surface area contributed by atoms with Crippen molar-refractivity contribution in [1.29, 1.82) is 0 Å². The van der Waals surface area contributed by atoms with Crippen LogP contribution in [-0.4, -0.2) is 24.4 Å². The maximum Gasteiger partial charge on any atom is 0.209 e. The minimum absolute atomic E-state index is 0.0267. The molecule has 0 N–H and O–H groups in total. The molecule has 0 saturated heterocycles. The van der Waals surface area contributed by atoms with Crippen LogP contribution < -0.4 is 4.90 Å². The van der Waals surface area contributed by atoms with Gasteiger partial charge >= 0.3 is 0 Å². The van der Waals surface area contributed by atoms with Gasteiger partial charge < -0.3 is 4.90 Å². The Morgan fingerprint density at radius 1 is 1.00 bits per heavy atom. The zero-order valence-corrected chi connectivity index (χ0v) is 23.1. The van der Waals surface area contributed by atoms with Gasteiger partial charge in [-0.3, -0.25) is 0 Å². The van der Waals surface area contributed by atoms with E-state index in [-0.39, 0.29) is 10.8 Å². The van der Waals surface area contributed by atoms with Gasteiger partial charge in [0.15, 0.2) is 5.71 Å². The van der Waals surface area contributed by atoms with Gasteiger partial charge in [0.1, 0.15) is 7.05 Å². The summed E-state index contributed by atoms with van der Waals surface area (Å²) >= 11 is 7.40. The van der Waals surface area contributed by atoms with Gasteiger partial charge in [-0.2, -0.15) is 4.58 Å². The topological polar surface area (TPSA) is 6.25 Å². The second-order valence-corrected chi connectivity index (χ2v) is 11.7. The molecule has 2 aliphatic rings. The molecule has 2 aromatic carbocycles. The van der Waals surface area contributed by atoms with Crippen molar-refractivity contribution in [2.45, 2.75) is 45.4 Å². The lowest BCUT2D eigenvalue weighted by molar-refractivity contribution is -0.401. The molecule has 166 valence electrons. The van der Waals surface area contributed by atoms with Crippen molar-refractivity contribution in [1.82, 2.24) is 0 Å². The first-order valence-electron chi connectivity index (χ1n) is 11.0. The summed E-state index contributed by atoms with van der Waals surface area (Å²) < 4.78 is 4.47. The van der Waals surface area contributed by atoms with Gasteiger partial charge in [-0.25, -0.2) is 0 Å². The lowest BCUT2D eigenvalue weighted by Crippen LogP contribution is -2.26. The molecule has 2 aromatic rings. The number of fused-ring (bicyclic) bond motifs is 2. The van der Waals surface area contributed by atoms with E-state index < -0.39 is 0 Å². The summed E-state index contributed by atoms with van der Waals surface area (Å²) in [5.41, 5.74) is 9.10. The van der Waals surface area contributed by atoms with E-state index in [1.165, 1.54) is 39.5 Å². The Kier molecular flexibility index (Phi) is 5.92. The molecule has 0 aliphatic carbocycles. The third-order valence-corrected chi connectivity index (χ3v) is 8.01. The van der Waals surface area contributed by atoms with Gasteiger partial charge in [0, 0.05) is 50.5 Å². The molecule has 2 aliphatic heterocycles. The van der Waals surface area contributed by atoms with E-state index >= 15 is 0 Å². The number of aryl methyl sites for hydroxylation is 1. The highest BCUT2D eigenvalue weighted by atomic mass is 79.9. The van der Waals surface area contributed by atoms with Crippen LogP contribution in [0.3, 0.4) is 0 Å². The van der Waals surface area contributed by atoms with E-state index in [4.69, 9.17) is 0 Å². The fourth-order valence-electron chi connectivity index (χ4n) is 5.13. The van der Waals surface area contributed by atoms with Crippen molar-refractivity contribution in [3.05, 3.63) is 92.0 Å². The fraction of sp³-hybridized carbons (Fsp3) is 0.321. The third kappa shape index (κ3) is 3.76. The number of allylic oxidation sites excluding steroid dienone is 6. The standard InChI is InChI=1S/C28H31Br2N2/c1-18-8-12-23-21(16-18)27(2,3)25(31(23)6)14-10-19(29)11-15-26-28(4,5)22-17-20(30)9-13-24(22)32(26)7/h8-17H,1-7H3/q+1. The van der Waals surface area contributed by atoms with Crippen molar-refractivity contribution < 1.29 is 4.58 Å². The highest BCUT2D eigenvalue weighted by Crippen LogP contribution is 2.47. The number of nitrogens with zero attached hydrogens (tertiary/aromatic N) is 2. The summed E-state index contributed by atoms with van der Waals surface area (Å²) in [6.45, 7) is 11.3. The maximum absolute atomic E-state index is 3.77. The average Bonchev–Trinajstić information content (AvgIpc) is 3.02. The van der Waals surface area contributed by atoms with E-state index in [0.29, 0.717) is 0 Å². The van der Waals surface area contributed by atoms with Crippen LogP contribution in [0.1, 0.15) is 44.4 Å².